The van der Waals surface area contributed by atoms with Crippen molar-refractivity contribution in [1.82, 2.24) is 4.37 Å². The second-order valence-corrected chi connectivity index (χ2v) is 5.29. The van der Waals surface area contributed by atoms with Gasteiger partial charge in [-0.1, -0.05) is 23.7 Å². The summed E-state index contributed by atoms with van der Waals surface area (Å²) >= 11 is 7.29. The van der Waals surface area contributed by atoms with E-state index in [9.17, 15) is 0 Å². The van der Waals surface area contributed by atoms with Crippen molar-refractivity contribution in [3.8, 4) is 5.75 Å². The van der Waals surface area contributed by atoms with Crippen molar-refractivity contribution in [2.45, 2.75) is 19.9 Å². The van der Waals surface area contributed by atoms with Crippen LogP contribution in [0, 0.1) is 0 Å². The van der Waals surface area contributed by atoms with Gasteiger partial charge >= 0.3 is 0 Å². The summed E-state index contributed by atoms with van der Waals surface area (Å²) in [6.45, 7) is 4.53. The predicted molar refractivity (Wildman–Crippen MR) is 81.2 cm³/mol. The molecule has 1 aromatic heterocycles. The van der Waals surface area contributed by atoms with E-state index in [0.717, 1.165) is 15.6 Å². The summed E-state index contributed by atoms with van der Waals surface area (Å²) in [5.74, 6) is 1.05. The third-order valence-electron chi connectivity index (χ3n) is 2.66. The number of anilines is 2. The zero-order valence-electron chi connectivity index (χ0n) is 10.8. The maximum Gasteiger partial charge on any atom is 0.197 e. The van der Waals surface area contributed by atoms with E-state index in [1.165, 1.54) is 11.5 Å². The van der Waals surface area contributed by atoms with E-state index in [0.29, 0.717) is 18.2 Å². The van der Waals surface area contributed by atoms with Crippen molar-refractivity contribution >= 4 is 34.0 Å². The number of nitrogen functional groups attached to an aromatic ring is 1. The highest BCUT2D eigenvalue weighted by Crippen LogP contribution is 2.37. The molecule has 0 amide bonds. The molecule has 0 bridgehead atoms. The molecule has 0 radical (unpaired) electrons. The summed E-state index contributed by atoms with van der Waals surface area (Å²) in [6, 6.07) is 7.84. The van der Waals surface area contributed by atoms with Crippen molar-refractivity contribution in [3.05, 3.63) is 34.9 Å². The van der Waals surface area contributed by atoms with Crippen molar-refractivity contribution in [3.63, 3.8) is 0 Å². The molecule has 4 nitrogen and oxygen atoms in total. The lowest BCUT2D eigenvalue weighted by Gasteiger charge is -2.15. The third kappa shape index (κ3) is 3.30. The summed E-state index contributed by atoms with van der Waals surface area (Å²) in [5.41, 5.74) is 6.88. The van der Waals surface area contributed by atoms with Gasteiger partial charge in [-0.15, -0.1) is 0 Å². The van der Waals surface area contributed by atoms with E-state index in [4.69, 9.17) is 22.1 Å². The van der Waals surface area contributed by atoms with Gasteiger partial charge in [-0.05, 0) is 43.1 Å². The number of ether oxygens (including phenoxy) is 1. The molecular formula is C13H16ClN3OS. The van der Waals surface area contributed by atoms with Gasteiger partial charge < -0.3 is 15.8 Å². The number of nitrogens with zero attached hydrogens (tertiary/aromatic N) is 1. The average molecular weight is 298 g/mol. The van der Waals surface area contributed by atoms with Gasteiger partial charge in [0.25, 0.3) is 0 Å². The Morgan fingerprint density at radius 1 is 1.53 bits per heavy atom. The maximum atomic E-state index is 5.99. The molecule has 19 heavy (non-hydrogen) atoms. The lowest BCUT2D eigenvalue weighted by Crippen LogP contribution is -2.07. The average Bonchev–Trinajstić information content (AvgIpc) is 2.72. The van der Waals surface area contributed by atoms with E-state index in [2.05, 4.69) is 16.6 Å². The fourth-order valence-electron chi connectivity index (χ4n) is 1.73. The highest BCUT2D eigenvalue weighted by atomic mass is 35.5. The number of nitrogens with one attached hydrogen (secondary N) is 1. The maximum absolute atomic E-state index is 5.99. The first kappa shape index (κ1) is 14.0. The van der Waals surface area contributed by atoms with Gasteiger partial charge in [-0.25, -0.2) is 0 Å². The van der Waals surface area contributed by atoms with E-state index in [-0.39, 0.29) is 6.04 Å². The van der Waals surface area contributed by atoms with Crippen LogP contribution in [-0.2, 0) is 0 Å². The van der Waals surface area contributed by atoms with E-state index < -0.39 is 0 Å². The SMILES string of the molecule is CCOc1c(N)nsc1NC(C)c1cccc(Cl)c1. The molecule has 0 spiro atoms. The molecule has 0 saturated carbocycles. The Balaban J connectivity index is 2.17. The van der Waals surface area contributed by atoms with Crippen molar-refractivity contribution in [1.29, 1.82) is 0 Å². The topological polar surface area (TPSA) is 60.2 Å². The molecule has 2 aromatic rings. The molecular weight excluding hydrogens is 282 g/mol. The van der Waals surface area contributed by atoms with Crippen molar-refractivity contribution in [2.24, 2.45) is 0 Å². The molecule has 1 aromatic carbocycles. The molecule has 1 unspecified atom stereocenters. The smallest absolute Gasteiger partial charge is 0.197 e. The van der Waals surface area contributed by atoms with Gasteiger partial charge in [0, 0.05) is 11.1 Å². The first-order valence-electron chi connectivity index (χ1n) is 6.01. The largest absolute Gasteiger partial charge is 0.487 e. The van der Waals surface area contributed by atoms with Gasteiger partial charge in [-0.2, -0.15) is 4.37 Å². The number of hydrogen-bond donors (Lipinski definition) is 2. The summed E-state index contributed by atoms with van der Waals surface area (Å²) < 4.78 is 9.61. The first-order valence-corrected chi connectivity index (χ1v) is 7.17. The summed E-state index contributed by atoms with van der Waals surface area (Å²) in [6.07, 6.45) is 0. The zero-order chi connectivity index (χ0) is 13.8. The fraction of sp³-hybridized carbons (Fsp3) is 0.308. The van der Waals surface area contributed by atoms with Crippen LogP contribution in [0.2, 0.25) is 5.02 Å². The Kier molecular flexibility index (Phi) is 4.50. The van der Waals surface area contributed by atoms with Crippen LogP contribution in [0.5, 0.6) is 5.75 Å². The summed E-state index contributed by atoms with van der Waals surface area (Å²) in [7, 11) is 0. The Bertz CT molecular complexity index is 559. The molecule has 3 N–H and O–H groups in total. The van der Waals surface area contributed by atoms with Crippen LogP contribution in [0.1, 0.15) is 25.5 Å². The number of benzene rings is 1. The Morgan fingerprint density at radius 2 is 2.32 bits per heavy atom. The summed E-state index contributed by atoms with van der Waals surface area (Å²) in [4.78, 5) is 0. The molecule has 2 rings (SSSR count). The van der Waals surface area contributed by atoms with Gasteiger partial charge in [0.2, 0.25) is 0 Å². The monoisotopic (exact) mass is 297 g/mol. The Labute approximate surface area is 121 Å². The van der Waals surface area contributed by atoms with Crippen LogP contribution in [0.15, 0.2) is 24.3 Å². The van der Waals surface area contributed by atoms with Gasteiger partial charge in [0.05, 0.1) is 6.61 Å². The van der Waals surface area contributed by atoms with Gasteiger partial charge in [0.1, 0.15) is 0 Å². The predicted octanol–water partition coefficient (Wildman–Crippen LogP) is 3.95. The standard InChI is InChI=1S/C13H16ClN3OS/c1-3-18-11-12(15)17-19-13(11)16-8(2)9-5-4-6-10(14)7-9/h4-8,16H,3H2,1-2H3,(H2,15,17). The lowest BCUT2D eigenvalue weighted by atomic mass is 10.1. The number of hydrogen-bond acceptors (Lipinski definition) is 5. The molecule has 0 fully saturated rings. The third-order valence-corrected chi connectivity index (χ3v) is 3.67. The normalized spacial score (nSPS) is 12.2. The highest BCUT2D eigenvalue weighted by molar-refractivity contribution is 7.11. The van der Waals surface area contributed by atoms with Crippen molar-refractivity contribution < 1.29 is 4.74 Å². The molecule has 0 aliphatic carbocycles. The Morgan fingerprint density at radius 3 is 3.00 bits per heavy atom. The van der Waals surface area contributed by atoms with Crippen LogP contribution in [0.3, 0.4) is 0 Å². The van der Waals surface area contributed by atoms with Gasteiger partial charge in [0.15, 0.2) is 16.6 Å². The number of nitrogens with two attached hydrogens (primary N) is 1. The van der Waals surface area contributed by atoms with Gasteiger partial charge in [-0.3, -0.25) is 0 Å². The molecule has 6 heteroatoms. The lowest BCUT2D eigenvalue weighted by molar-refractivity contribution is 0.344. The fourth-order valence-corrected chi connectivity index (χ4v) is 2.67. The summed E-state index contributed by atoms with van der Waals surface area (Å²) in [5, 5.41) is 4.91. The van der Waals surface area contributed by atoms with Crippen LogP contribution in [0.25, 0.3) is 0 Å². The van der Waals surface area contributed by atoms with E-state index in [1.807, 2.05) is 31.2 Å². The van der Waals surface area contributed by atoms with Crippen LogP contribution in [0.4, 0.5) is 10.8 Å². The number of halogens is 1. The van der Waals surface area contributed by atoms with E-state index >= 15 is 0 Å². The number of aromatic nitrogens is 1. The molecule has 0 aliphatic heterocycles. The zero-order valence-corrected chi connectivity index (χ0v) is 12.4. The quantitative estimate of drug-likeness (QED) is 0.877. The minimum atomic E-state index is 0.0951. The van der Waals surface area contributed by atoms with Crippen LogP contribution >= 0.6 is 23.1 Å². The minimum Gasteiger partial charge on any atom is -0.487 e. The first-order chi connectivity index (χ1) is 9.11. The van der Waals surface area contributed by atoms with Crippen LogP contribution < -0.4 is 15.8 Å². The Hall–Kier alpha value is -1.46. The second-order valence-electron chi connectivity index (χ2n) is 4.08. The molecule has 1 heterocycles. The minimum absolute atomic E-state index is 0.0951. The molecule has 0 aliphatic rings. The highest BCUT2D eigenvalue weighted by Gasteiger charge is 2.15. The second kappa shape index (κ2) is 6.12. The van der Waals surface area contributed by atoms with Crippen molar-refractivity contribution in [2.75, 3.05) is 17.7 Å². The van der Waals surface area contributed by atoms with E-state index in [1.54, 1.807) is 0 Å². The molecule has 1 atom stereocenters. The molecule has 0 saturated heterocycles. The molecule has 102 valence electrons. The van der Waals surface area contributed by atoms with Crippen LogP contribution in [-0.4, -0.2) is 11.0 Å². The number of rotatable bonds is 5.